The zero-order chi connectivity index (χ0) is 34.4. The van der Waals surface area contributed by atoms with E-state index in [4.69, 9.17) is 21.1 Å². The fraction of sp³-hybridized carbons (Fsp3) is 0.400. The van der Waals surface area contributed by atoms with Gasteiger partial charge in [-0.25, -0.2) is 18.0 Å². The summed E-state index contributed by atoms with van der Waals surface area (Å²) >= 11 is 6.10. The first-order valence-electron chi connectivity index (χ1n) is 15.7. The molecule has 256 valence electrons. The maximum Gasteiger partial charge on any atom is 0.407 e. The number of carbonyl (C=O) groups excluding carboxylic acids is 3. The number of piperidine rings is 1. The van der Waals surface area contributed by atoms with Crippen LogP contribution in [0.2, 0.25) is 5.02 Å². The van der Waals surface area contributed by atoms with Gasteiger partial charge in [-0.05, 0) is 73.2 Å². The number of amides is 3. The van der Waals surface area contributed by atoms with Crippen LogP contribution < -0.4 is 16.0 Å². The van der Waals surface area contributed by atoms with E-state index in [1.807, 2.05) is 0 Å². The average Bonchev–Trinajstić information content (AvgIpc) is 3.04. The van der Waals surface area contributed by atoms with Gasteiger partial charge in [-0.3, -0.25) is 9.59 Å². The highest BCUT2D eigenvalue weighted by molar-refractivity contribution is 6.30. The Hall–Kier alpha value is -4.13. The minimum atomic E-state index is -1.46. The maximum absolute atomic E-state index is 15.4. The van der Waals surface area contributed by atoms with Gasteiger partial charge >= 0.3 is 6.09 Å². The van der Waals surface area contributed by atoms with Gasteiger partial charge in [-0.15, -0.1) is 0 Å². The van der Waals surface area contributed by atoms with Crippen molar-refractivity contribution in [3.63, 3.8) is 0 Å². The van der Waals surface area contributed by atoms with Crippen molar-refractivity contribution in [2.45, 2.75) is 56.3 Å². The molecule has 0 aliphatic carbocycles. The van der Waals surface area contributed by atoms with Crippen molar-refractivity contribution in [3.05, 3.63) is 99.8 Å². The second kappa shape index (κ2) is 15.4. The topological polar surface area (TPSA) is 109 Å². The summed E-state index contributed by atoms with van der Waals surface area (Å²) in [7, 11) is 1.12. The predicted octanol–water partition coefficient (Wildman–Crippen LogP) is 5.55. The summed E-state index contributed by atoms with van der Waals surface area (Å²) in [6, 6.07) is 11.9. The summed E-state index contributed by atoms with van der Waals surface area (Å²) in [5, 5.41) is 9.06. The second-order valence-electron chi connectivity index (χ2n) is 12.2. The van der Waals surface area contributed by atoms with Gasteiger partial charge in [0.05, 0.1) is 18.8 Å². The normalized spacial score (nSPS) is 18.5. The van der Waals surface area contributed by atoms with Gasteiger partial charge in [-0.1, -0.05) is 29.8 Å². The number of benzene rings is 3. The molecule has 3 atom stereocenters. The number of nitrogens with zero attached hydrogens (tertiary/aromatic N) is 1. The molecular weight excluding hydrogens is 649 g/mol. The van der Waals surface area contributed by atoms with E-state index in [1.54, 1.807) is 42.2 Å². The highest BCUT2D eigenvalue weighted by Gasteiger charge is 2.41. The number of halogens is 4. The number of anilines is 1. The molecule has 3 N–H and O–H groups in total. The Bertz CT molecular complexity index is 1610. The number of methoxy groups -OCH3 is 1. The van der Waals surface area contributed by atoms with Crippen molar-refractivity contribution < 1.29 is 37.0 Å². The molecule has 1 spiro atoms. The van der Waals surface area contributed by atoms with E-state index >= 15 is 4.39 Å². The van der Waals surface area contributed by atoms with Gasteiger partial charge < -0.3 is 30.3 Å². The Morgan fingerprint density at radius 1 is 1.04 bits per heavy atom. The van der Waals surface area contributed by atoms with Crippen molar-refractivity contribution in [1.82, 2.24) is 15.5 Å². The first kappa shape index (κ1) is 35.2. The van der Waals surface area contributed by atoms with Crippen LogP contribution in [0.4, 0.5) is 23.7 Å². The van der Waals surface area contributed by atoms with Crippen LogP contribution in [-0.2, 0) is 25.5 Å². The van der Waals surface area contributed by atoms with E-state index < -0.39 is 47.0 Å². The highest BCUT2D eigenvalue weighted by Crippen LogP contribution is 2.34. The molecule has 3 amide bonds. The van der Waals surface area contributed by atoms with E-state index in [0.717, 1.165) is 19.2 Å². The molecule has 0 unspecified atom stereocenters. The summed E-state index contributed by atoms with van der Waals surface area (Å²) in [5.74, 6) is -4.14. The van der Waals surface area contributed by atoms with Gasteiger partial charge in [0.1, 0.15) is 23.5 Å². The standard InChI is InChI=1S/C35H38ClF3N4O5/c1-21(44)43-14-12-35(13-15-43)20-40-19-27(48-35)10-11-28-29(39)4-3-5-30(28)41-33(45)32(42-34(46)47-2)31(22-6-8-24(36)9-7-22)23-16-25(37)18-26(38)17-23/h3-9,16-18,27,31-32,40H,10-15,19-20H2,1-2H3,(H,41,45)(H,42,46)/t27-,31+,32+/m1/s1. The lowest BCUT2D eigenvalue weighted by Crippen LogP contribution is -2.58. The molecule has 0 saturated carbocycles. The van der Waals surface area contributed by atoms with Crippen molar-refractivity contribution in [2.75, 3.05) is 38.6 Å². The van der Waals surface area contributed by atoms with Gasteiger partial charge in [0.2, 0.25) is 11.8 Å². The molecule has 48 heavy (non-hydrogen) atoms. The first-order chi connectivity index (χ1) is 23.0. The Kier molecular flexibility index (Phi) is 11.3. The Morgan fingerprint density at radius 2 is 1.73 bits per heavy atom. The number of hydrogen-bond donors (Lipinski definition) is 3. The molecule has 2 aliphatic rings. The number of rotatable bonds is 9. The van der Waals surface area contributed by atoms with Crippen LogP contribution in [0.1, 0.15) is 48.8 Å². The molecule has 0 radical (unpaired) electrons. The Balaban J connectivity index is 1.39. The number of carbonyl (C=O) groups is 3. The molecule has 13 heteroatoms. The minimum absolute atomic E-state index is 0.0332. The fourth-order valence-electron chi connectivity index (χ4n) is 6.52. The smallest absolute Gasteiger partial charge is 0.407 e. The number of hydrogen-bond acceptors (Lipinski definition) is 6. The van der Waals surface area contributed by atoms with E-state index in [1.165, 1.54) is 12.1 Å². The summed E-state index contributed by atoms with van der Waals surface area (Å²) in [5.41, 5.74) is 0.477. The van der Waals surface area contributed by atoms with Crippen LogP contribution >= 0.6 is 11.6 Å². The van der Waals surface area contributed by atoms with Crippen LogP contribution in [-0.4, -0.2) is 73.8 Å². The molecule has 0 aromatic heterocycles. The molecule has 9 nitrogen and oxygen atoms in total. The lowest BCUT2D eigenvalue weighted by atomic mass is 9.84. The number of nitrogens with one attached hydrogen (secondary N) is 3. The largest absolute Gasteiger partial charge is 0.453 e. The Labute approximate surface area is 282 Å². The SMILES string of the molecule is COC(=O)N[C@H](C(=O)Nc1cccc(F)c1CC[C@@H]1CNCC2(CCN(C(C)=O)CC2)O1)[C@@H](c1ccc(Cl)cc1)c1cc(F)cc(F)c1. The van der Waals surface area contributed by atoms with E-state index in [9.17, 15) is 23.2 Å². The van der Waals surface area contributed by atoms with Crippen molar-refractivity contribution in [2.24, 2.45) is 0 Å². The molecule has 2 heterocycles. The van der Waals surface area contributed by atoms with Gasteiger partial charge in [0, 0.05) is 61.4 Å². The zero-order valence-electron chi connectivity index (χ0n) is 26.7. The molecule has 3 aromatic rings. The third-order valence-corrected chi connectivity index (χ3v) is 9.25. The predicted molar refractivity (Wildman–Crippen MR) is 174 cm³/mol. The highest BCUT2D eigenvalue weighted by atomic mass is 35.5. The van der Waals surface area contributed by atoms with Crippen LogP contribution in [0.3, 0.4) is 0 Å². The van der Waals surface area contributed by atoms with Crippen LogP contribution in [0, 0.1) is 17.5 Å². The van der Waals surface area contributed by atoms with Gasteiger partial charge in [0.15, 0.2) is 0 Å². The monoisotopic (exact) mass is 686 g/mol. The van der Waals surface area contributed by atoms with Crippen molar-refractivity contribution >= 4 is 35.2 Å². The number of morpholine rings is 1. The van der Waals surface area contributed by atoms with Crippen molar-refractivity contribution in [3.8, 4) is 0 Å². The number of likely N-dealkylation sites (tertiary alicyclic amines) is 1. The maximum atomic E-state index is 15.4. The summed E-state index contributed by atoms with van der Waals surface area (Å²) in [4.78, 5) is 40.2. The average molecular weight is 687 g/mol. The Morgan fingerprint density at radius 3 is 2.38 bits per heavy atom. The van der Waals surface area contributed by atoms with E-state index in [0.29, 0.717) is 62.1 Å². The zero-order valence-corrected chi connectivity index (χ0v) is 27.4. The lowest BCUT2D eigenvalue weighted by Gasteiger charge is -2.46. The quantitative estimate of drug-likeness (QED) is 0.272. The second-order valence-corrected chi connectivity index (χ2v) is 12.6. The molecule has 5 rings (SSSR count). The fourth-order valence-corrected chi connectivity index (χ4v) is 6.64. The molecular formula is C35H38ClF3N4O5. The summed E-state index contributed by atoms with van der Waals surface area (Å²) in [6.45, 7) is 3.99. The third kappa shape index (κ3) is 8.47. The lowest BCUT2D eigenvalue weighted by molar-refractivity contribution is -0.153. The number of alkyl carbamates (subject to hydrolysis) is 1. The van der Waals surface area contributed by atoms with Crippen molar-refractivity contribution in [1.29, 1.82) is 0 Å². The van der Waals surface area contributed by atoms with Gasteiger partial charge in [0.25, 0.3) is 0 Å². The molecule has 2 aliphatic heterocycles. The summed E-state index contributed by atoms with van der Waals surface area (Å²) in [6.07, 6.45) is 0.835. The molecule has 0 bridgehead atoms. The molecule has 2 fully saturated rings. The first-order valence-corrected chi connectivity index (χ1v) is 16.1. The summed E-state index contributed by atoms with van der Waals surface area (Å²) < 4.78 is 55.6. The van der Waals surface area contributed by atoms with Gasteiger partial charge in [-0.2, -0.15) is 0 Å². The minimum Gasteiger partial charge on any atom is -0.453 e. The molecule has 3 aromatic carbocycles. The van der Waals surface area contributed by atoms with E-state index in [2.05, 4.69) is 16.0 Å². The van der Waals surface area contributed by atoms with Crippen LogP contribution in [0.15, 0.2) is 60.7 Å². The van der Waals surface area contributed by atoms with Crippen LogP contribution in [0.5, 0.6) is 0 Å². The third-order valence-electron chi connectivity index (χ3n) is 9.00. The van der Waals surface area contributed by atoms with Crippen LogP contribution in [0.25, 0.3) is 0 Å². The molecule has 2 saturated heterocycles. The number of ether oxygens (including phenoxy) is 2. The van der Waals surface area contributed by atoms with E-state index in [-0.39, 0.29) is 35.2 Å².